The second-order valence-corrected chi connectivity index (χ2v) is 6.60. The van der Waals surface area contributed by atoms with E-state index >= 15 is 0 Å². The summed E-state index contributed by atoms with van der Waals surface area (Å²) in [6, 6.07) is 20.2. The molecule has 1 N–H and O–H groups in total. The van der Waals surface area contributed by atoms with Crippen molar-refractivity contribution in [3.63, 3.8) is 0 Å². The zero-order valence-electron chi connectivity index (χ0n) is 15.8. The van der Waals surface area contributed by atoms with E-state index in [4.69, 9.17) is 4.74 Å². The second-order valence-electron chi connectivity index (χ2n) is 6.60. The number of carbonyl (C=O) groups excluding carboxylic acids is 1. The molecule has 0 radical (unpaired) electrons. The van der Waals surface area contributed by atoms with Crippen molar-refractivity contribution in [3.8, 4) is 0 Å². The zero-order valence-corrected chi connectivity index (χ0v) is 15.8. The van der Waals surface area contributed by atoms with Gasteiger partial charge >= 0.3 is 5.97 Å². The summed E-state index contributed by atoms with van der Waals surface area (Å²) in [4.78, 5) is 12.4. The molecule has 1 unspecified atom stereocenters. The Morgan fingerprint density at radius 1 is 1.04 bits per heavy atom. The topological polar surface area (TPSA) is 38.3 Å². The molecule has 3 nitrogen and oxygen atoms in total. The van der Waals surface area contributed by atoms with Gasteiger partial charge in [-0.25, -0.2) is 0 Å². The van der Waals surface area contributed by atoms with Crippen LogP contribution in [0.1, 0.15) is 50.3 Å². The summed E-state index contributed by atoms with van der Waals surface area (Å²) < 4.78 is 5.64. The SMILES string of the molecule is C=C(C)C(CCCC)OC(=O)CNC(c1ccccc1)c1ccccc1. The molecule has 1 atom stereocenters. The number of ether oxygens (including phenoxy) is 1. The third-order valence-corrected chi connectivity index (χ3v) is 4.36. The van der Waals surface area contributed by atoms with Gasteiger partial charge in [0.25, 0.3) is 0 Å². The Labute approximate surface area is 157 Å². The van der Waals surface area contributed by atoms with E-state index in [1.807, 2.05) is 43.3 Å². The Bertz CT molecular complexity index is 642. The highest BCUT2D eigenvalue weighted by Gasteiger charge is 2.18. The van der Waals surface area contributed by atoms with Crippen molar-refractivity contribution < 1.29 is 9.53 Å². The van der Waals surface area contributed by atoms with Gasteiger partial charge in [0.1, 0.15) is 6.10 Å². The molecule has 0 spiro atoms. The first-order chi connectivity index (χ1) is 12.6. The van der Waals surface area contributed by atoms with Gasteiger partial charge in [-0.3, -0.25) is 10.1 Å². The zero-order chi connectivity index (χ0) is 18.8. The van der Waals surface area contributed by atoms with Crippen LogP contribution < -0.4 is 5.32 Å². The highest BCUT2D eigenvalue weighted by atomic mass is 16.5. The van der Waals surface area contributed by atoms with Crippen LogP contribution in [0.2, 0.25) is 0 Å². The van der Waals surface area contributed by atoms with Crippen LogP contribution >= 0.6 is 0 Å². The van der Waals surface area contributed by atoms with Gasteiger partial charge in [0.15, 0.2) is 0 Å². The molecule has 2 rings (SSSR count). The van der Waals surface area contributed by atoms with Crippen LogP contribution in [0.25, 0.3) is 0 Å². The Kier molecular flexibility index (Phi) is 8.10. The van der Waals surface area contributed by atoms with Crippen molar-refractivity contribution in [2.24, 2.45) is 0 Å². The molecule has 0 amide bonds. The standard InChI is InChI=1S/C23H29NO2/c1-4-5-16-21(18(2)3)26-22(25)17-24-23(19-12-8-6-9-13-19)20-14-10-7-11-15-20/h6-15,21,23-24H,2,4-5,16-17H2,1,3H3. The van der Waals surface area contributed by atoms with Gasteiger partial charge in [-0.2, -0.15) is 0 Å². The molecule has 0 saturated carbocycles. The molecule has 2 aromatic carbocycles. The van der Waals surface area contributed by atoms with Crippen molar-refractivity contribution in [2.75, 3.05) is 6.54 Å². The first-order valence-corrected chi connectivity index (χ1v) is 9.30. The fourth-order valence-electron chi connectivity index (χ4n) is 2.90. The summed E-state index contributed by atoms with van der Waals surface area (Å²) in [6.07, 6.45) is 2.73. The monoisotopic (exact) mass is 351 g/mol. The number of hydrogen-bond acceptors (Lipinski definition) is 3. The molecule has 0 heterocycles. The Morgan fingerprint density at radius 3 is 2.04 bits per heavy atom. The molecule has 2 aromatic rings. The summed E-state index contributed by atoms with van der Waals surface area (Å²) in [5.74, 6) is -0.244. The summed E-state index contributed by atoms with van der Waals surface area (Å²) in [7, 11) is 0. The van der Waals surface area contributed by atoms with Crippen LogP contribution in [-0.2, 0) is 9.53 Å². The van der Waals surface area contributed by atoms with E-state index in [1.165, 1.54) is 0 Å². The molecule has 0 aliphatic heterocycles. The summed E-state index contributed by atoms with van der Waals surface area (Å²) >= 11 is 0. The average molecular weight is 351 g/mol. The number of carbonyl (C=O) groups is 1. The van der Waals surface area contributed by atoms with Crippen LogP contribution in [0.15, 0.2) is 72.8 Å². The fraction of sp³-hybridized carbons (Fsp3) is 0.348. The van der Waals surface area contributed by atoms with Gasteiger partial charge in [-0.05, 0) is 36.5 Å². The summed E-state index contributed by atoms with van der Waals surface area (Å²) in [6.45, 7) is 8.15. The number of nitrogens with one attached hydrogen (secondary N) is 1. The second kappa shape index (κ2) is 10.6. The lowest BCUT2D eigenvalue weighted by Gasteiger charge is -2.21. The van der Waals surface area contributed by atoms with Gasteiger partial charge in [0.2, 0.25) is 0 Å². The third kappa shape index (κ3) is 6.16. The molecule has 0 saturated heterocycles. The highest BCUT2D eigenvalue weighted by molar-refractivity contribution is 5.72. The van der Waals surface area contributed by atoms with Crippen LogP contribution in [0, 0.1) is 0 Å². The lowest BCUT2D eigenvalue weighted by Crippen LogP contribution is -2.32. The van der Waals surface area contributed by atoms with Gasteiger partial charge in [0, 0.05) is 0 Å². The van der Waals surface area contributed by atoms with E-state index in [1.54, 1.807) is 0 Å². The number of unbranched alkanes of at least 4 members (excludes halogenated alkanes) is 1. The van der Waals surface area contributed by atoms with E-state index in [2.05, 4.69) is 43.1 Å². The van der Waals surface area contributed by atoms with Crippen molar-refractivity contribution >= 4 is 5.97 Å². The number of esters is 1. The van der Waals surface area contributed by atoms with E-state index in [-0.39, 0.29) is 24.7 Å². The predicted octanol–water partition coefficient (Wildman–Crippen LogP) is 5.04. The van der Waals surface area contributed by atoms with Crippen molar-refractivity contribution in [1.29, 1.82) is 0 Å². The van der Waals surface area contributed by atoms with Crippen LogP contribution in [0.3, 0.4) is 0 Å². The molecule has 26 heavy (non-hydrogen) atoms. The summed E-state index contributed by atoms with van der Waals surface area (Å²) in [5, 5.41) is 3.35. The van der Waals surface area contributed by atoms with Crippen molar-refractivity contribution in [3.05, 3.63) is 83.9 Å². The lowest BCUT2D eigenvalue weighted by molar-refractivity contribution is -0.146. The molecule has 0 aromatic heterocycles. The molecule has 0 aliphatic rings. The number of benzene rings is 2. The van der Waals surface area contributed by atoms with Gasteiger partial charge < -0.3 is 4.74 Å². The molecular weight excluding hydrogens is 322 g/mol. The molecular formula is C23H29NO2. The minimum absolute atomic E-state index is 0.0520. The molecule has 138 valence electrons. The first kappa shape index (κ1) is 19.9. The molecule has 0 fully saturated rings. The minimum atomic E-state index is -0.244. The summed E-state index contributed by atoms with van der Waals surface area (Å²) in [5.41, 5.74) is 3.14. The normalized spacial score (nSPS) is 12.0. The third-order valence-electron chi connectivity index (χ3n) is 4.36. The van der Waals surface area contributed by atoms with Crippen molar-refractivity contribution in [1.82, 2.24) is 5.32 Å². The molecule has 0 aliphatic carbocycles. The minimum Gasteiger partial charge on any atom is -0.457 e. The number of hydrogen-bond donors (Lipinski definition) is 1. The van der Waals surface area contributed by atoms with Crippen LogP contribution in [-0.4, -0.2) is 18.6 Å². The Hall–Kier alpha value is -2.39. The van der Waals surface area contributed by atoms with E-state index in [0.29, 0.717) is 0 Å². The maximum atomic E-state index is 12.4. The highest BCUT2D eigenvalue weighted by Crippen LogP contribution is 2.21. The van der Waals surface area contributed by atoms with E-state index in [0.717, 1.165) is 36.0 Å². The van der Waals surface area contributed by atoms with E-state index < -0.39 is 0 Å². The van der Waals surface area contributed by atoms with Crippen molar-refractivity contribution in [2.45, 2.75) is 45.3 Å². The lowest BCUT2D eigenvalue weighted by atomic mass is 9.99. The molecule has 0 bridgehead atoms. The predicted molar refractivity (Wildman–Crippen MR) is 107 cm³/mol. The Balaban J connectivity index is 2.03. The fourth-order valence-corrected chi connectivity index (χ4v) is 2.90. The van der Waals surface area contributed by atoms with E-state index in [9.17, 15) is 4.79 Å². The van der Waals surface area contributed by atoms with Crippen LogP contribution in [0.5, 0.6) is 0 Å². The van der Waals surface area contributed by atoms with Gasteiger partial charge in [-0.15, -0.1) is 0 Å². The smallest absolute Gasteiger partial charge is 0.320 e. The maximum absolute atomic E-state index is 12.4. The number of rotatable bonds is 10. The quantitative estimate of drug-likeness (QED) is 0.481. The maximum Gasteiger partial charge on any atom is 0.320 e. The Morgan fingerprint density at radius 2 is 1.58 bits per heavy atom. The van der Waals surface area contributed by atoms with Gasteiger partial charge in [0.05, 0.1) is 12.6 Å². The molecule has 3 heteroatoms. The van der Waals surface area contributed by atoms with Crippen LogP contribution in [0.4, 0.5) is 0 Å². The largest absolute Gasteiger partial charge is 0.457 e. The average Bonchev–Trinajstić information content (AvgIpc) is 2.66. The first-order valence-electron chi connectivity index (χ1n) is 9.30. The van der Waals surface area contributed by atoms with Gasteiger partial charge in [-0.1, -0.05) is 80.6 Å².